The van der Waals surface area contributed by atoms with Crippen molar-refractivity contribution >= 4 is 5.97 Å². The lowest BCUT2D eigenvalue weighted by molar-refractivity contribution is -0.145. The molecule has 0 aliphatic carbocycles. The van der Waals surface area contributed by atoms with Gasteiger partial charge in [-0.25, -0.2) is 4.79 Å². The molecular weight excluding hydrogens is 275 g/mol. The first-order valence-electron chi connectivity index (χ1n) is 5.80. The highest BCUT2D eigenvalue weighted by atomic mass is 19.4. The number of rotatable bonds is 5. The first-order valence-corrected chi connectivity index (χ1v) is 5.80. The van der Waals surface area contributed by atoms with Gasteiger partial charge in [-0.2, -0.15) is 18.4 Å². The van der Waals surface area contributed by atoms with Gasteiger partial charge in [-0.05, 0) is 24.6 Å². The van der Waals surface area contributed by atoms with Crippen LogP contribution in [0, 0.1) is 11.3 Å². The molecule has 1 aromatic carbocycles. The van der Waals surface area contributed by atoms with E-state index in [1.807, 2.05) is 0 Å². The lowest BCUT2D eigenvalue weighted by Crippen LogP contribution is -2.26. The minimum Gasteiger partial charge on any atom is -0.479 e. The van der Waals surface area contributed by atoms with Gasteiger partial charge in [-0.15, -0.1) is 0 Å². The molecule has 0 radical (unpaired) electrons. The molecule has 0 aliphatic heterocycles. The summed E-state index contributed by atoms with van der Waals surface area (Å²) in [6.07, 6.45) is -5.22. The number of halogens is 3. The molecule has 1 aromatic rings. The molecular formula is C13H12F3NO3. The summed E-state index contributed by atoms with van der Waals surface area (Å²) in [7, 11) is 0. The molecule has 1 N–H and O–H groups in total. The average molecular weight is 287 g/mol. The molecule has 1 unspecified atom stereocenters. The van der Waals surface area contributed by atoms with Crippen molar-refractivity contribution in [2.75, 3.05) is 0 Å². The van der Waals surface area contributed by atoms with Crippen LogP contribution in [-0.2, 0) is 11.0 Å². The van der Waals surface area contributed by atoms with Crippen molar-refractivity contribution in [1.82, 2.24) is 0 Å². The maximum absolute atomic E-state index is 12.7. The largest absolute Gasteiger partial charge is 0.479 e. The van der Waals surface area contributed by atoms with Gasteiger partial charge >= 0.3 is 12.1 Å². The van der Waals surface area contributed by atoms with E-state index >= 15 is 0 Å². The third-order valence-corrected chi connectivity index (χ3v) is 2.52. The highest BCUT2D eigenvalue weighted by molar-refractivity contribution is 5.72. The van der Waals surface area contributed by atoms with Gasteiger partial charge in [0.15, 0.2) is 6.10 Å². The van der Waals surface area contributed by atoms with E-state index in [4.69, 9.17) is 15.1 Å². The number of carboxylic acid groups (broad SMARTS) is 1. The minimum atomic E-state index is -4.70. The minimum absolute atomic E-state index is 0.177. The summed E-state index contributed by atoms with van der Waals surface area (Å²) in [4.78, 5) is 10.9. The van der Waals surface area contributed by atoms with Gasteiger partial charge in [0.25, 0.3) is 0 Å². The Kier molecular flexibility index (Phi) is 4.97. The van der Waals surface area contributed by atoms with Crippen molar-refractivity contribution in [1.29, 1.82) is 5.26 Å². The zero-order valence-corrected chi connectivity index (χ0v) is 10.6. The molecule has 0 aromatic heterocycles. The van der Waals surface area contributed by atoms with Gasteiger partial charge in [0.1, 0.15) is 5.75 Å². The number of alkyl halides is 3. The standard InChI is InChI=1S/C13H12F3NO3/c1-2-3-11(12(18)19)20-9-5-4-8(7-17)10(6-9)13(14,15)16/h4-6,11H,2-3H2,1H3,(H,18,19). The van der Waals surface area contributed by atoms with Crippen LogP contribution in [0.25, 0.3) is 0 Å². The van der Waals surface area contributed by atoms with E-state index in [-0.39, 0.29) is 12.2 Å². The predicted molar refractivity (Wildman–Crippen MR) is 63.1 cm³/mol. The quantitative estimate of drug-likeness (QED) is 0.902. The Morgan fingerprint density at radius 2 is 2.15 bits per heavy atom. The molecule has 1 rings (SSSR count). The van der Waals surface area contributed by atoms with E-state index < -0.39 is 29.4 Å². The second kappa shape index (κ2) is 6.28. The van der Waals surface area contributed by atoms with E-state index in [1.54, 1.807) is 6.92 Å². The smallest absolute Gasteiger partial charge is 0.417 e. The Labute approximate surface area is 113 Å². The van der Waals surface area contributed by atoms with Crippen LogP contribution in [0.1, 0.15) is 30.9 Å². The van der Waals surface area contributed by atoms with Gasteiger partial charge in [-0.3, -0.25) is 0 Å². The number of ether oxygens (including phenoxy) is 1. The molecule has 0 fully saturated rings. The van der Waals surface area contributed by atoms with Gasteiger partial charge in [0.2, 0.25) is 0 Å². The van der Waals surface area contributed by atoms with Gasteiger partial charge < -0.3 is 9.84 Å². The van der Waals surface area contributed by atoms with Crippen LogP contribution in [0.2, 0.25) is 0 Å². The van der Waals surface area contributed by atoms with Crippen LogP contribution in [0.15, 0.2) is 18.2 Å². The summed E-state index contributed by atoms with van der Waals surface area (Å²) >= 11 is 0. The zero-order valence-electron chi connectivity index (χ0n) is 10.6. The van der Waals surface area contributed by atoms with E-state index in [1.165, 1.54) is 6.07 Å². The van der Waals surface area contributed by atoms with Crippen LogP contribution in [0.4, 0.5) is 13.2 Å². The molecule has 4 nitrogen and oxygen atoms in total. The number of hydrogen-bond donors (Lipinski definition) is 1. The molecule has 0 saturated heterocycles. The fourth-order valence-electron chi connectivity index (χ4n) is 1.59. The van der Waals surface area contributed by atoms with Crippen molar-refractivity contribution in [2.24, 2.45) is 0 Å². The second-order valence-electron chi connectivity index (χ2n) is 4.05. The maximum atomic E-state index is 12.7. The highest BCUT2D eigenvalue weighted by Gasteiger charge is 2.34. The first kappa shape index (κ1) is 15.8. The first-order chi connectivity index (χ1) is 9.29. The van der Waals surface area contributed by atoms with Gasteiger partial charge in [0, 0.05) is 0 Å². The summed E-state index contributed by atoms with van der Waals surface area (Å²) < 4.78 is 43.3. The molecule has 0 bridgehead atoms. The second-order valence-corrected chi connectivity index (χ2v) is 4.05. The molecule has 0 amide bonds. The van der Waals surface area contributed by atoms with Crippen LogP contribution >= 0.6 is 0 Å². The summed E-state index contributed by atoms with van der Waals surface area (Å²) in [6, 6.07) is 4.20. The van der Waals surface area contributed by atoms with Gasteiger partial charge in [0.05, 0.1) is 17.2 Å². The monoisotopic (exact) mass is 287 g/mol. The molecule has 0 aliphatic rings. The van der Waals surface area contributed by atoms with Gasteiger partial charge in [-0.1, -0.05) is 13.3 Å². The Morgan fingerprint density at radius 3 is 2.60 bits per heavy atom. The number of carbonyl (C=O) groups is 1. The van der Waals surface area contributed by atoms with Crippen LogP contribution < -0.4 is 4.74 Å². The van der Waals surface area contributed by atoms with Crippen LogP contribution in [0.3, 0.4) is 0 Å². The zero-order chi connectivity index (χ0) is 15.3. The number of nitriles is 1. The third kappa shape index (κ3) is 3.88. The van der Waals surface area contributed by atoms with E-state index in [9.17, 15) is 18.0 Å². The SMILES string of the molecule is CCCC(Oc1ccc(C#N)c(C(F)(F)F)c1)C(=O)O. The van der Waals surface area contributed by atoms with Crippen molar-refractivity contribution in [3.8, 4) is 11.8 Å². The summed E-state index contributed by atoms with van der Waals surface area (Å²) in [5.41, 5.74) is -1.68. The highest BCUT2D eigenvalue weighted by Crippen LogP contribution is 2.34. The fourth-order valence-corrected chi connectivity index (χ4v) is 1.59. The molecule has 0 heterocycles. The molecule has 20 heavy (non-hydrogen) atoms. The molecule has 7 heteroatoms. The lowest BCUT2D eigenvalue weighted by Gasteiger charge is -2.16. The van der Waals surface area contributed by atoms with Crippen molar-refractivity contribution < 1.29 is 27.8 Å². The number of hydrogen-bond acceptors (Lipinski definition) is 3. The predicted octanol–water partition coefficient (Wildman–Crippen LogP) is 3.21. The van der Waals surface area contributed by atoms with Crippen molar-refractivity contribution in [2.45, 2.75) is 32.0 Å². The van der Waals surface area contributed by atoms with Crippen molar-refractivity contribution in [3.63, 3.8) is 0 Å². The molecule has 1 atom stereocenters. The maximum Gasteiger partial charge on any atom is 0.417 e. The van der Waals surface area contributed by atoms with Crippen LogP contribution in [0.5, 0.6) is 5.75 Å². The lowest BCUT2D eigenvalue weighted by atomic mass is 10.1. The Hall–Kier alpha value is -2.23. The number of nitrogens with zero attached hydrogens (tertiary/aromatic N) is 1. The molecule has 108 valence electrons. The molecule has 0 saturated carbocycles. The molecule has 0 spiro atoms. The van der Waals surface area contributed by atoms with E-state index in [2.05, 4.69) is 0 Å². The Morgan fingerprint density at radius 1 is 1.50 bits per heavy atom. The topological polar surface area (TPSA) is 70.3 Å². The van der Waals surface area contributed by atoms with Crippen LogP contribution in [-0.4, -0.2) is 17.2 Å². The number of benzene rings is 1. The van der Waals surface area contributed by atoms with E-state index in [0.717, 1.165) is 12.1 Å². The number of carboxylic acids is 1. The fraction of sp³-hybridized carbons (Fsp3) is 0.385. The Bertz CT molecular complexity index is 535. The summed E-state index contributed by atoms with van der Waals surface area (Å²) in [5, 5.41) is 17.5. The normalized spacial score (nSPS) is 12.6. The third-order valence-electron chi connectivity index (χ3n) is 2.52. The summed E-state index contributed by atoms with van der Waals surface area (Å²) in [5.74, 6) is -1.47. The van der Waals surface area contributed by atoms with Crippen molar-refractivity contribution in [3.05, 3.63) is 29.3 Å². The Balaban J connectivity index is 3.09. The summed E-state index contributed by atoms with van der Waals surface area (Å²) in [6.45, 7) is 1.74. The average Bonchev–Trinajstić information content (AvgIpc) is 2.37. The number of aliphatic carboxylic acids is 1. The van der Waals surface area contributed by atoms with E-state index in [0.29, 0.717) is 12.5 Å².